The Morgan fingerprint density at radius 1 is 0.917 bits per heavy atom. The molecule has 0 saturated heterocycles. The van der Waals surface area contributed by atoms with Crippen molar-refractivity contribution in [2.45, 2.75) is 39.5 Å². The fourth-order valence-electron chi connectivity index (χ4n) is 2.21. The van der Waals surface area contributed by atoms with E-state index in [2.05, 4.69) is 0 Å². The van der Waals surface area contributed by atoms with Crippen molar-refractivity contribution in [1.29, 1.82) is 0 Å². The van der Waals surface area contributed by atoms with Gasteiger partial charge in [0.05, 0.1) is 13.1 Å². The van der Waals surface area contributed by atoms with Gasteiger partial charge in [0, 0.05) is 11.1 Å². The second kappa shape index (κ2) is 7.25. The van der Waals surface area contributed by atoms with Crippen LogP contribution < -0.4 is 0 Å². The van der Waals surface area contributed by atoms with Crippen molar-refractivity contribution >= 4 is 6.09 Å². The van der Waals surface area contributed by atoms with Gasteiger partial charge in [0.25, 0.3) is 0 Å². The van der Waals surface area contributed by atoms with Crippen LogP contribution in [0, 0.1) is 0 Å². The third-order valence-electron chi connectivity index (χ3n) is 3.36. The van der Waals surface area contributed by atoms with Crippen LogP contribution in [0.25, 0.3) is 0 Å². The molecular formula is C19H23NO4. The summed E-state index contributed by atoms with van der Waals surface area (Å²) < 4.78 is 5.45. The van der Waals surface area contributed by atoms with Crippen molar-refractivity contribution in [3.05, 3.63) is 59.7 Å². The molecule has 2 N–H and O–H groups in total. The molecule has 2 aromatic rings. The molecule has 0 unspecified atom stereocenters. The molecule has 0 aromatic heterocycles. The van der Waals surface area contributed by atoms with E-state index >= 15 is 0 Å². The number of hydrogen-bond acceptors (Lipinski definition) is 4. The number of ether oxygens (including phenoxy) is 1. The smallest absolute Gasteiger partial charge is 0.410 e. The number of carbonyl (C=O) groups is 1. The molecule has 0 aliphatic rings. The Labute approximate surface area is 142 Å². The lowest BCUT2D eigenvalue weighted by atomic mass is 10.1. The number of para-hydroxylation sites is 2. The van der Waals surface area contributed by atoms with Crippen LogP contribution in [0.15, 0.2) is 48.5 Å². The molecule has 0 heterocycles. The Bertz CT molecular complexity index is 659. The molecule has 0 aliphatic heterocycles. The zero-order valence-corrected chi connectivity index (χ0v) is 14.2. The van der Waals surface area contributed by atoms with Gasteiger partial charge in [-0.15, -0.1) is 0 Å². The molecule has 24 heavy (non-hydrogen) atoms. The van der Waals surface area contributed by atoms with E-state index in [1.54, 1.807) is 69.3 Å². The zero-order valence-electron chi connectivity index (χ0n) is 14.2. The van der Waals surface area contributed by atoms with Crippen LogP contribution in [0.1, 0.15) is 31.9 Å². The number of phenolic OH excluding ortho intramolecular Hbond substituents is 2. The van der Waals surface area contributed by atoms with E-state index in [1.165, 1.54) is 4.90 Å². The van der Waals surface area contributed by atoms with E-state index in [-0.39, 0.29) is 24.6 Å². The molecule has 5 nitrogen and oxygen atoms in total. The molecule has 0 spiro atoms. The van der Waals surface area contributed by atoms with Gasteiger partial charge in [-0.2, -0.15) is 0 Å². The Kier molecular flexibility index (Phi) is 5.34. The predicted molar refractivity (Wildman–Crippen MR) is 91.7 cm³/mol. The van der Waals surface area contributed by atoms with E-state index in [1.807, 2.05) is 0 Å². The number of carbonyl (C=O) groups excluding carboxylic acids is 1. The number of rotatable bonds is 4. The van der Waals surface area contributed by atoms with Gasteiger partial charge in [-0.3, -0.25) is 4.90 Å². The highest BCUT2D eigenvalue weighted by Gasteiger charge is 2.24. The number of amides is 1. The maximum absolute atomic E-state index is 12.5. The summed E-state index contributed by atoms with van der Waals surface area (Å²) in [6.45, 7) is 5.74. The summed E-state index contributed by atoms with van der Waals surface area (Å²) in [7, 11) is 0. The summed E-state index contributed by atoms with van der Waals surface area (Å²) in [6, 6.07) is 13.7. The summed E-state index contributed by atoms with van der Waals surface area (Å²) in [5.74, 6) is 0.228. The van der Waals surface area contributed by atoms with Crippen LogP contribution in [0.3, 0.4) is 0 Å². The van der Waals surface area contributed by atoms with E-state index in [4.69, 9.17) is 4.74 Å². The van der Waals surface area contributed by atoms with Crippen LogP contribution in [0.5, 0.6) is 11.5 Å². The van der Waals surface area contributed by atoms with Crippen LogP contribution in [0.2, 0.25) is 0 Å². The highest BCUT2D eigenvalue weighted by atomic mass is 16.6. The van der Waals surface area contributed by atoms with Crippen molar-refractivity contribution in [3.63, 3.8) is 0 Å². The molecule has 0 fully saturated rings. The monoisotopic (exact) mass is 329 g/mol. The van der Waals surface area contributed by atoms with Crippen molar-refractivity contribution in [3.8, 4) is 11.5 Å². The van der Waals surface area contributed by atoms with E-state index in [0.29, 0.717) is 11.1 Å². The number of nitrogens with zero attached hydrogens (tertiary/aromatic N) is 1. The van der Waals surface area contributed by atoms with Crippen LogP contribution in [-0.4, -0.2) is 26.8 Å². The Hall–Kier alpha value is -2.69. The summed E-state index contributed by atoms with van der Waals surface area (Å²) in [5.41, 5.74) is 0.588. The molecule has 0 saturated carbocycles. The summed E-state index contributed by atoms with van der Waals surface area (Å²) in [6.07, 6.45) is -0.506. The molecule has 0 aliphatic carbocycles. The summed E-state index contributed by atoms with van der Waals surface area (Å²) in [4.78, 5) is 14.0. The Balaban J connectivity index is 2.26. The molecule has 0 radical (unpaired) electrons. The maximum atomic E-state index is 12.5. The number of phenols is 2. The van der Waals surface area contributed by atoms with Gasteiger partial charge in [0.2, 0.25) is 0 Å². The fourth-order valence-corrected chi connectivity index (χ4v) is 2.21. The van der Waals surface area contributed by atoms with Gasteiger partial charge in [0.1, 0.15) is 17.1 Å². The molecule has 0 bridgehead atoms. The van der Waals surface area contributed by atoms with Gasteiger partial charge >= 0.3 is 6.09 Å². The van der Waals surface area contributed by atoms with Crippen molar-refractivity contribution in [2.75, 3.05) is 0 Å². The van der Waals surface area contributed by atoms with E-state index < -0.39 is 11.7 Å². The molecule has 2 aromatic carbocycles. The van der Waals surface area contributed by atoms with Crippen LogP contribution >= 0.6 is 0 Å². The second-order valence-electron chi connectivity index (χ2n) is 6.59. The quantitative estimate of drug-likeness (QED) is 0.888. The number of hydrogen-bond donors (Lipinski definition) is 2. The first-order valence-corrected chi connectivity index (χ1v) is 7.78. The Morgan fingerprint density at radius 2 is 1.33 bits per heavy atom. The third kappa shape index (κ3) is 4.91. The van der Waals surface area contributed by atoms with Crippen LogP contribution in [0.4, 0.5) is 4.79 Å². The van der Waals surface area contributed by atoms with Gasteiger partial charge < -0.3 is 14.9 Å². The largest absolute Gasteiger partial charge is 0.508 e. The number of benzene rings is 2. The minimum atomic E-state index is -0.632. The highest BCUT2D eigenvalue weighted by Crippen LogP contribution is 2.23. The first kappa shape index (κ1) is 17.7. The summed E-state index contributed by atoms with van der Waals surface area (Å²) >= 11 is 0. The first-order chi connectivity index (χ1) is 11.3. The molecule has 2 rings (SSSR count). The first-order valence-electron chi connectivity index (χ1n) is 7.78. The van der Waals surface area contributed by atoms with Gasteiger partial charge in [-0.25, -0.2) is 4.79 Å². The molecular weight excluding hydrogens is 306 g/mol. The lowest BCUT2D eigenvalue weighted by Gasteiger charge is -2.28. The maximum Gasteiger partial charge on any atom is 0.410 e. The normalized spacial score (nSPS) is 11.1. The topological polar surface area (TPSA) is 70.0 Å². The van der Waals surface area contributed by atoms with Gasteiger partial charge in [-0.05, 0) is 32.9 Å². The lowest BCUT2D eigenvalue weighted by Crippen LogP contribution is -2.36. The standard InChI is InChI=1S/C19H23NO4/c1-19(2,3)24-18(23)20(12-14-8-4-6-10-16(14)21)13-15-9-5-7-11-17(15)22/h4-11,21-22H,12-13H2,1-3H3. The molecule has 5 heteroatoms. The van der Waals surface area contributed by atoms with E-state index in [0.717, 1.165) is 0 Å². The minimum absolute atomic E-state index is 0.114. The Morgan fingerprint density at radius 3 is 1.71 bits per heavy atom. The van der Waals surface area contributed by atoms with Gasteiger partial charge in [0.15, 0.2) is 0 Å². The minimum Gasteiger partial charge on any atom is -0.508 e. The molecule has 128 valence electrons. The third-order valence-corrected chi connectivity index (χ3v) is 3.36. The van der Waals surface area contributed by atoms with Crippen molar-refractivity contribution in [2.24, 2.45) is 0 Å². The van der Waals surface area contributed by atoms with Crippen molar-refractivity contribution in [1.82, 2.24) is 4.90 Å². The lowest BCUT2D eigenvalue weighted by molar-refractivity contribution is 0.0214. The second-order valence-corrected chi connectivity index (χ2v) is 6.59. The average molecular weight is 329 g/mol. The molecule has 0 atom stereocenters. The average Bonchev–Trinajstić information content (AvgIpc) is 2.49. The van der Waals surface area contributed by atoms with Gasteiger partial charge in [-0.1, -0.05) is 36.4 Å². The zero-order chi connectivity index (χ0) is 17.7. The fraction of sp³-hybridized carbons (Fsp3) is 0.316. The predicted octanol–water partition coefficient (Wildman–Crippen LogP) is 4.04. The highest BCUT2D eigenvalue weighted by molar-refractivity contribution is 5.68. The van der Waals surface area contributed by atoms with E-state index in [9.17, 15) is 15.0 Å². The van der Waals surface area contributed by atoms with Crippen molar-refractivity contribution < 1.29 is 19.7 Å². The van der Waals surface area contributed by atoms with Crippen LogP contribution in [-0.2, 0) is 17.8 Å². The number of aromatic hydroxyl groups is 2. The summed E-state index contributed by atoms with van der Waals surface area (Å²) in [5, 5.41) is 19.9. The SMILES string of the molecule is CC(C)(C)OC(=O)N(Cc1ccccc1O)Cc1ccccc1O. The molecule has 1 amide bonds.